The molecule has 0 amide bonds. The van der Waals surface area contributed by atoms with E-state index in [0.29, 0.717) is 34.0 Å². The highest BCUT2D eigenvalue weighted by atomic mass is 32.2. The zero-order valence-corrected chi connectivity index (χ0v) is 22.4. The van der Waals surface area contributed by atoms with Gasteiger partial charge in [-0.1, -0.05) is 0 Å². The SMILES string of the molecule is CNc1nc(C)c2cc(-c3cnc(OC)c(-c4c(F)ccc(S(N)(=O)=O)c4F)c3)cc(OC3CCCC3)c2n1. The van der Waals surface area contributed by atoms with E-state index in [1.807, 2.05) is 19.1 Å². The topological polar surface area (TPSA) is 129 Å². The lowest BCUT2D eigenvalue weighted by Gasteiger charge is -2.18. The number of halogens is 2. The Morgan fingerprint density at radius 3 is 2.49 bits per heavy atom. The number of anilines is 1. The number of ether oxygens (including phenoxy) is 2. The number of nitrogens with two attached hydrogens (primary N) is 1. The van der Waals surface area contributed by atoms with Crippen LogP contribution in [0.25, 0.3) is 33.2 Å². The van der Waals surface area contributed by atoms with Gasteiger partial charge in [-0.25, -0.2) is 37.3 Å². The van der Waals surface area contributed by atoms with Crippen LogP contribution < -0.4 is 19.9 Å². The fourth-order valence-electron chi connectivity index (χ4n) is 4.85. The van der Waals surface area contributed by atoms with Crippen molar-refractivity contribution in [3.8, 4) is 33.9 Å². The number of aromatic nitrogens is 3. The van der Waals surface area contributed by atoms with Crippen molar-refractivity contribution in [2.45, 2.75) is 43.6 Å². The quantitative estimate of drug-likeness (QED) is 0.327. The second-order valence-electron chi connectivity index (χ2n) is 9.34. The second-order valence-corrected chi connectivity index (χ2v) is 10.9. The maximum Gasteiger partial charge on any atom is 0.240 e. The molecule has 3 N–H and O–H groups in total. The lowest BCUT2D eigenvalue weighted by Crippen LogP contribution is -2.15. The average Bonchev–Trinajstić information content (AvgIpc) is 3.41. The Morgan fingerprint density at radius 1 is 1.08 bits per heavy atom. The highest BCUT2D eigenvalue weighted by Crippen LogP contribution is 2.40. The summed E-state index contributed by atoms with van der Waals surface area (Å²) in [4.78, 5) is 12.6. The predicted octanol–water partition coefficient (Wildman–Crippen LogP) is 4.96. The molecular weight excluding hydrogens is 528 g/mol. The summed E-state index contributed by atoms with van der Waals surface area (Å²) in [6, 6.07) is 6.78. The number of nitrogens with one attached hydrogen (secondary N) is 1. The third-order valence-corrected chi connectivity index (χ3v) is 7.71. The van der Waals surface area contributed by atoms with Crippen LogP contribution in [0.3, 0.4) is 0 Å². The van der Waals surface area contributed by atoms with E-state index in [0.717, 1.165) is 43.2 Å². The second kappa shape index (κ2) is 10.3. The lowest BCUT2D eigenvalue weighted by molar-refractivity contribution is 0.212. The summed E-state index contributed by atoms with van der Waals surface area (Å²) in [5, 5.41) is 8.86. The lowest BCUT2D eigenvalue weighted by atomic mass is 9.98. The summed E-state index contributed by atoms with van der Waals surface area (Å²) in [7, 11) is -1.42. The van der Waals surface area contributed by atoms with Crippen molar-refractivity contribution in [1.82, 2.24) is 15.0 Å². The molecule has 9 nitrogen and oxygen atoms in total. The minimum atomic E-state index is -4.45. The predicted molar refractivity (Wildman–Crippen MR) is 143 cm³/mol. The molecule has 0 bridgehead atoms. The molecular formula is C27H27F2N5O4S. The molecule has 1 aliphatic rings. The van der Waals surface area contributed by atoms with Gasteiger partial charge >= 0.3 is 0 Å². The van der Waals surface area contributed by atoms with Crippen molar-refractivity contribution in [2.24, 2.45) is 5.14 Å². The number of hydrogen-bond donors (Lipinski definition) is 2. The van der Waals surface area contributed by atoms with E-state index in [9.17, 15) is 12.8 Å². The molecule has 1 aliphatic carbocycles. The minimum Gasteiger partial charge on any atom is -0.488 e. The molecule has 1 saturated carbocycles. The van der Waals surface area contributed by atoms with Crippen LogP contribution in [0.1, 0.15) is 31.4 Å². The van der Waals surface area contributed by atoms with Gasteiger partial charge in [-0.3, -0.25) is 0 Å². The summed E-state index contributed by atoms with van der Waals surface area (Å²) >= 11 is 0. The van der Waals surface area contributed by atoms with Gasteiger partial charge in [-0.05, 0) is 68.5 Å². The van der Waals surface area contributed by atoms with E-state index in [1.54, 1.807) is 7.05 Å². The summed E-state index contributed by atoms with van der Waals surface area (Å²) in [5.74, 6) is -1.41. The van der Waals surface area contributed by atoms with Crippen molar-refractivity contribution in [3.05, 3.63) is 53.9 Å². The largest absolute Gasteiger partial charge is 0.488 e. The Bertz CT molecular complexity index is 1690. The molecule has 1 fully saturated rings. The third kappa shape index (κ3) is 5.09. The van der Waals surface area contributed by atoms with Crippen LogP contribution in [0.15, 0.2) is 41.4 Å². The monoisotopic (exact) mass is 555 g/mol. The fourth-order valence-corrected chi connectivity index (χ4v) is 5.46. The zero-order valence-electron chi connectivity index (χ0n) is 21.6. The first-order chi connectivity index (χ1) is 18.6. The molecule has 0 spiro atoms. The van der Waals surface area contributed by atoms with Gasteiger partial charge in [0.15, 0.2) is 5.82 Å². The number of methoxy groups -OCH3 is 1. The Hall–Kier alpha value is -3.90. The molecule has 12 heteroatoms. The van der Waals surface area contributed by atoms with Crippen LogP contribution in [-0.2, 0) is 10.0 Å². The maximum absolute atomic E-state index is 15.4. The van der Waals surface area contributed by atoms with E-state index < -0.39 is 32.1 Å². The molecule has 5 rings (SSSR count). The molecule has 39 heavy (non-hydrogen) atoms. The van der Waals surface area contributed by atoms with Crippen LogP contribution >= 0.6 is 0 Å². The number of benzene rings is 2. The third-order valence-electron chi connectivity index (χ3n) is 6.78. The molecule has 4 aromatic rings. The molecule has 0 atom stereocenters. The number of aryl methyl sites for hydroxylation is 1. The van der Waals surface area contributed by atoms with Gasteiger partial charge in [-0.15, -0.1) is 0 Å². The first-order valence-corrected chi connectivity index (χ1v) is 13.9. The van der Waals surface area contributed by atoms with Gasteiger partial charge in [0.1, 0.15) is 22.0 Å². The first-order valence-electron chi connectivity index (χ1n) is 12.3. The number of rotatable bonds is 7. The Labute approximate surface area is 224 Å². The average molecular weight is 556 g/mol. The number of fused-ring (bicyclic) bond motifs is 1. The highest BCUT2D eigenvalue weighted by Gasteiger charge is 2.26. The summed E-state index contributed by atoms with van der Waals surface area (Å²) < 4.78 is 65.8. The van der Waals surface area contributed by atoms with Gasteiger partial charge in [-0.2, -0.15) is 0 Å². The van der Waals surface area contributed by atoms with Crippen molar-refractivity contribution in [1.29, 1.82) is 0 Å². The number of pyridine rings is 1. The van der Waals surface area contributed by atoms with Crippen molar-refractivity contribution in [3.63, 3.8) is 0 Å². The van der Waals surface area contributed by atoms with Crippen LogP contribution in [0.5, 0.6) is 11.6 Å². The van der Waals surface area contributed by atoms with Gasteiger partial charge in [0.2, 0.25) is 21.9 Å². The van der Waals surface area contributed by atoms with Gasteiger partial charge < -0.3 is 14.8 Å². The molecule has 0 unspecified atom stereocenters. The first kappa shape index (κ1) is 26.7. The number of nitrogens with zero attached hydrogens (tertiary/aromatic N) is 3. The van der Waals surface area contributed by atoms with Crippen LogP contribution in [-0.4, -0.2) is 43.6 Å². The van der Waals surface area contributed by atoms with Crippen LogP contribution in [0.2, 0.25) is 0 Å². The van der Waals surface area contributed by atoms with Gasteiger partial charge in [0.05, 0.1) is 30.0 Å². The fraction of sp³-hybridized carbons (Fsp3) is 0.296. The van der Waals surface area contributed by atoms with Crippen molar-refractivity contribution < 1.29 is 26.7 Å². The Morgan fingerprint density at radius 2 is 1.82 bits per heavy atom. The van der Waals surface area contributed by atoms with E-state index in [2.05, 4.69) is 20.3 Å². The van der Waals surface area contributed by atoms with E-state index in [1.165, 1.54) is 19.4 Å². The van der Waals surface area contributed by atoms with E-state index in [4.69, 9.17) is 14.6 Å². The smallest absolute Gasteiger partial charge is 0.240 e. The van der Waals surface area contributed by atoms with E-state index >= 15 is 4.39 Å². The van der Waals surface area contributed by atoms with Crippen molar-refractivity contribution >= 4 is 26.9 Å². The minimum absolute atomic E-state index is 0.0467. The maximum atomic E-state index is 15.4. The number of sulfonamides is 1. The zero-order chi connectivity index (χ0) is 27.9. The van der Waals surface area contributed by atoms with Crippen molar-refractivity contribution in [2.75, 3.05) is 19.5 Å². The normalized spacial score (nSPS) is 14.1. The molecule has 2 aromatic heterocycles. The molecule has 0 saturated heterocycles. The molecule has 0 aliphatic heterocycles. The summed E-state index contributed by atoms with van der Waals surface area (Å²) in [6.45, 7) is 1.86. The Kier molecular flexibility index (Phi) is 7.08. The highest BCUT2D eigenvalue weighted by molar-refractivity contribution is 7.89. The number of hydrogen-bond acceptors (Lipinski definition) is 8. The standard InChI is InChI=1S/C27H27F2N5O4S/c1-14-18-10-15(12-21(38-17-6-4-5-7-17)25(18)34-27(31-2)33-14)16-11-19(26(37-3)32-13-16)23-20(28)8-9-22(24(23)29)39(30,35)36/h8-13,17H,4-7H2,1-3H3,(H2,30,35,36)(H,31,33,34). The number of primary sulfonamides is 1. The molecule has 204 valence electrons. The summed E-state index contributed by atoms with van der Waals surface area (Å²) in [6.07, 6.45) is 5.58. The molecule has 2 heterocycles. The Balaban J connectivity index is 1.72. The van der Waals surface area contributed by atoms with Gasteiger partial charge in [0.25, 0.3) is 0 Å². The summed E-state index contributed by atoms with van der Waals surface area (Å²) in [5.41, 5.74) is 1.78. The molecule has 2 aromatic carbocycles. The molecule has 0 radical (unpaired) electrons. The van der Waals surface area contributed by atoms with Crippen LogP contribution in [0.4, 0.5) is 14.7 Å². The van der Waals surface area contributed by atoms with Crippen LogP contribution in [0, 0.1) is 18.6 Å². The van der Waals surface area contributed by atoms with E-state index in [-0.39, 0.29) is 17.5 Å². The van der Waals surface area contributed by atoms with Gasteiger partial charge in [0, 0.05) is 24.2 Å².